The first-order chi connectivity index (χ1) is 6.99. The third-order valence-corrected chi connectivity index (χ3v) is 4.20. The third-order valence-electron chi connectivity index (χ3n) is 2.97. The fourth-order valence-electron chi connectivity index (χ4n) is 1.99. The van der Waals surface area contributed by atoms with Gasteiger partial charge in [0.1, 0.15) is 6.10 Å². The van der Waals surface area contributed by atoms with Crippen molar-refractivity contribution in [2.24, 2.45) is 5.92 Å². The normalized spacial score (nSPS) is 20.5. The van der Waals surface area contributed by atoms with Crippen molar-refractivity contribution in [1.82, 2.24) is 0 Å². The molecule has 0 bridgehead atoms. The van der Waals surface area contributed by atoms with E-state index in [4.69, 9.17) is 0 Å². The van der Waals surface area contributed by atoms with Gasteiger partial charge in [-0.2, -0.15) is 0 Å². The summed E-state index contributed by atoms with van der Waals surface area (Å²) in [6, 6.07) is 1.01. The summed E-state index contributed by atoms with van der Waals surface area (Å²) in [5.74, 6) is 6.69. The van der Waals surface area contributed by atoms with Gasteiger partial charge >= 0.3 is 0 Å². The second kappa shape index (κ2) is 5.72. The van der Waals surface area contributed by atoms with E-state index in [9.17, 15) is 5.11 Å². The molecule has 1 atom stereocenters. The highest BCUT2D eigenvalue weighted by molar-refractivity contribution is 6.76. The van der Waals surface area contributed by atoms with E-state index >= 15 is 0 Å². The SMILES string of the molecule is C[Si](C)(C)CC#CC(O)C1CCCCC1. The van der Waals surface area contributed by atoms with Crippen LogP contribution in [0, 0.1) is 17.8 Å². The van der Waals surface area contributed by atoms with Crippen molar-refractivity contribution in [2.75, 3.05) is 0 Å². The molecule has 1 N–H and O–H groups in total. The average Bonchev–Trinajstić information content (AvgIpc) is 2.17. The summed E-state index contributed by atoms with van der Waals surface area (Å²) in [6.07, 6.45) is 5.87. The summed E-state index contributed by atoms with van der Waals surface area (Å²) in [5.41, 5.74) is 0. The molecule has 15 heavy (non-hydrogen) atoms. The molecule has 0 heterocycles. The average molecular weight is 224 g/mol. The molecule has 0 aromatic heterocycles. The molecule has 1 fully saturated rings. The quantitative estimate of drug-likeness (QED) is 0.564. The summed E-state index contributed by atoms with van der Waals surface area (Å²) in [7, 11) is -1.06. The van der Waals surface area contributed by atoms with Gasteiger partial charge < -0.3 is 5.11 Å². The van der Waals surface area contributed by atoms with Crippen molar-refractivity contribution in [2.45, 2.75) is 63.9 Å². The molecule has 86 valence electrons. The minimum Gasteiger partial charge on any atom is -0.380 e. The Morgan fingerprint density at radius 1 is 1.20 bits per heavy atom. The van der Waals surface area contributed by atoms with Gasteiger partial charge in [0.25, 0.3) is 0 Å². The second-order valence-electron chi connectivity index (χ2n) is 5.90. The summed E-state index contributed by atoms with van der Waals surface area (Å²) >= 11 is 0. The molecule has 0 radical (unpaired) electrons. The zero-order valence-electron chi connectivity index (χ0n) is 10.3. The van der Waals surface area contributed by atoms with E-state index in [-0.39, 0.29) is 6.10 Å². The molecule has 0 aromatic carbocycles. The highest BCUT2D eigenvalue weighted by Gasteiger charge is 2.19. The topological polar surface area (TPSA) is 20.2 Å². The summed E-state index contributed by atoms with van der Waals surface area (Å²) in [6.45, 7) is 6.94. The van der Waals surface area contributed by atoms with Crippen LogP contribution in [0.4, 0.5) is 0 Å². The highest BCUT2D eigenvalue weighted by atomic mass is 28.3. The minimum absolute atomic E-state index is 0.360. The van der Waals surface area contributed by atoms with Crippen molar-refractivity contribution < 1.29 is 5.11 Å². The first-order valence-electron chi connectivity index (χ1n) is 6.15. The zero-order valence-corrected chi connectivity index (χ0v) is 11.3. The first-order valence-corrected chi connectivity index (χ1v) is 9.86. The van der Waals surface area contributed by atoms with Gasteiger partial charge in [0.2, 0.25) is 0 Å². The van der Waals surface area contributed by atoms with Crippen LogP contribution in [0.3, 0.4) is 0 Å². The van der Waals surface area contributed by atoms with Crippen LogP contribution in [0.1, 0.15) is 32.1 Å². The molecular weight excluding hydrogens is 200 g/mol. The van der Waals surface area contributed by atoms with Gasteiger partial charge in [-0.05, 0) is 18.8 Å². The molecule has 1 aliphatic rings. The van der Waals surface area contributed by atoms with Crippen LogP contribution in [0.25, 0.3) is 0 Å². The van der Waals surface area contributed by atoms with Crippen LogP contribution < -0.4 is 0 Å². The molecule has 0 spiro atoms. The van der Waals surface area contributed by atoms with Crippen LogP contribution >= 0.6 is 0 Å². The molecule has 1 aliphatic carbocycles. The maximum Gasteiger partial charge on any atom is 0.117 e. The Morgan fingerprint density at radius 3 is 2.33 bits per heavy atom. The van der Waals surface area contributed by atoms with Crippen molar-refractivity contribution in [3.8, 4) is 11.8 Å². The molecule has 1 nitrogen and oxygen atoms in total. The first kappa shape index (κ1) is 12.8. The van der Waals surface area contributed by atoms with Gasteiger partial charge in [0.05, 0.1) is 8.07 Å². The van der Waals surface area contributed by atoms with Crippen LogP contribution in [0.15, 0.2) is 0 Å². The van der Waals surface area contributed by atoms with Gasteiger partial charge in [-0.1, -0.05) is 44.8 Å². The summed E-state index contributed by atoms with van der Waals surface area (Å²) < 4.78 is 0. The van der Waals surface area contributed by atoms with Gasteiger partial charge in [-0.3, -0.25) is 0 Å². The van der Waals surface area contributed by atoms with Gasteiger partial charge in [0.15, 0.2) is 0 Å². The Bertz CT molecular complexity index is 237. The van der Waals surface area contributed by atoms with Crippen molar-refractivity contribution in [1.29, 1.82) is 0 Å². The van der Waals surface area contributed by atoms with E-state index in [1.807, 2.05) is 0 Å². The lowest BCUT2D eigenvalue weighted by atomic mass is 9.85. The summed E-state index contributed by atoms with van der Waals surface area (Å²) in [5, 5.41) is 9.91. The largest absolute Gasteiger partial charge is 0.380 e. The predicted octanol–water partition coefficient (Wildman–Crippen LogP) is 3.27. The van der Waals surface area contributed by atoms with Gasteiger partial charge in [-0.25, -0.2) is 0 Å². The van der Waals surface area contributed by atoms with Crippen LogP contribution in [0.5, 0.6) is 0 Å². The molecular formula is C13H24OSi. The van der Waals surface area contributed by atoms with Crippen molar-refractivity contribution in [3.63, 3.8) is 0 Å². The Labute approximate surface area is 95.3 Å². The number of aliphatic hydroxyl groups is 1. The molecule has 1 saturated carbocycles. The lowest BCUT2D eigenvalue weighted by molar-refractivity contribution is 0.133. The van der Waals surface area contributed by atoms with Gasteiger partial charge in [0, 0.05) is 6.04 Å². The predicted molar refractivity (Wildman–Crippen MR) is 68.5 cm³/mol. The Morgan fingerprint density at radius 2 is 1.80 bits per heavy atom. The fourth-order valence-corrected chi connectivity index (χ4v) is 2.62. The molecule has 1 unspecified atom stereocenters. The molecule has 0 aromatic rings. The van der Waals surface area contributed by atoms with E-state index in [2.05, 4.69) is 31.5 Å². The Balaban J connectivity index is 2.36. The Kier molecular flexibility index (Phi) is 4.88. The smallest absolute Gasteiger partial charge is 0.117 e. The summed E-state index contributed by atoms with van der Waals surface area (Å²) in [4.78, 5) is 0. The number of aliphatic hydroxyl groups excluding tert-OH is 1. The van der Waals surface area contributed by atoms with Gasteiger partial charge in [-0.15, -0.1) is 5.92 Å². The lowest BCUT2D eigenvalue weighted by Crippen LogP contribution is -2.22. The monoisotopic (exact) mass is 224 g/mol. The van der Waals surface area contributed by atoms with E-state index in [1.54, 1.807) is 0 Å². The Hall–Kier alpha value is -0.263. The number of hydrogen-bond donors (Lipinski definition) is 1. The second-order valence-corrected chi connectivity index (χ2v) is 11.4. The zero-order chi connectivity index (χ0) is 11.3. The van der Waals surface area contributed by atoms with E-state index in [1.165, 1.54) is 32.1 Å². The minimum atomic E-state index is -1.06. The maximum absolute atomic E-state index is 9.91. The van der Waals surface area contributed by atoms with E-state index in [0.717, 1.165) is 6.04 Å². The van der Waals surface area contributed by atoms with Crippen molar-refractivity contribution in [3.05, 3.63) is 0 Å². The highest BCUT2D eigenvalue weighted by Crippen LogP contribution is 2.26. The molecule has 0 amide bonds. The van der Waals surface area contributed by atoms with Crippen molar-refractivity contribution >= 4 is 8.07 Å². The van der Waals surface area contributed by atoms with E-state index in [0.29, 0.717) is 5.92 Å². The number of hydrogen-bond acceptors (Lipinski definition) is 1. The molecule has 0 saturated heterocycles. The van der Waals surface area contributed by atoms with Crippen LogP contribution in [0.2, 0.25) is 25.7 Å². The van der Waals surface area contributed by atoms with Crippen LogP contribution in [-0.4, -0.2) is 19.3 Å². The third kappa shape index (κ3) is 5.39. The maximum atomic E-state index is 9.91. The fraction of sp³-hybridized carbons (Fsp3) is 0.846. The molecule has 2 heteroatoms. The molecule has 1 rings (SSSR count). The van der Waals surface area contributed by atoms with E-state index < -0.39 is 8.07 Å². The lowest BCUT2D eigenvalue weighted by Gasteiger charge is -2.23. The molecule has 0 aliphatic heterocycles. The number of rotatable bonds is 2. The van der Waals surface area contributed by atoms with Crippen LogP contribution in [-0.2, 0) is 0 Å². The standard InChI is InChI=1S/C13H24OSi/c1-15(2,3)11-7-10-13(14)12-8-5-4-6-9-12/h12-14H,4-6,8-9,11H2,1-3H3.